The first-order valence-electron chi connectivity index (χ1n) is 12.2. The van der Waals surface area contributed by atoms with E-state index in [2.05, 4.69) is 89.3 Å². The first-order valence-corrected chi connectivity index (χ1v) is 12.2. The van der Waals surface area contributed by atoms with E-state index in [1.54, 1.807) is 4.57 Å². The van der Waals surface area contributed by atoms with Gasteiger partial charge in [0.15, 0.2) is 0 Å². The van der Waals surface area contributed by atoms with Gasteiger partial charge in [-0.3, -0.25) is 19.3 Å². The summed E-state index contributed by atoms with van der Waals surface area (Å²) in [5.74, 6) is -0.159. The number of hydrogen-bond donors (Lipinski definition) is 0. The highest BCUT2D eigenvalue weighted by molar-refractivity contribution is 5.75. The van der Waals surface area contributed by atoms with Gasteiger partial charge in [0.25, 0.3) is 0 Å². The first-order chi connectivity index (χ1) is 16.8. The van der Waals surface area contributed by atoms with E-state index in [1.165, 1.54) is 17.3 Å². The summed E-state index contributed by atoms with van der Waals surface area (Å²) >= 11 is 0. The average molecular weight is 479 g/mol. The molecule has 0 amide bonds. The lowest BCUT2D eigenvalue weighted by molar-refractivity contribution is -0.389. The van der Waals surface area contributed by atoms with Gasteiger partial charge in [0.1, 0.15) is 11.8 Å². The molecular weight excluding hydrogens is 444 g/mol. The lowest BCUT2D eigenvalue weighted by Crippen LogP contribution is -2.57. The molecule has 9 heteroatoms. The highest BCUT2D eigenvalue weighted by atomic mass is 16.6. The van der Waals surface area contributed by atoms with Crippen molar-refractivity contribution in [2.45, 2.75) is 31.0 Å². The molecule has 0 radical (unpaired) electrons. The Balaban J connectivity index is 1.15. The van der Waals surface area contributed by atoms with Gasteiger partial charge in [-0.05, 0) is 43.5 Å². The van der Waals surface area contributed by atoms with Gasteiger partial charge in [-0.15, -0.1) is 0 Å². The molecule has 0 N–H and O–H groups in total. The summed E-state index contributed by atoms with van der Waals surface area (Å²) in [5, 5.41) is 11.0. The van der Waals surface area contributed by atoms with Crippen LogP contribution in [0.25, 0.3) is 5.57 Å². The molecule has 1 aromatic carbocycles. The molecule has 1 aromatic heterocycles. The van der Waals surface area contributed by atoms with Crippen LogP contribution in [-0.2, 0) is 6.54 Å². The molecule has 2 atom stereocenters. The van der Waals surface area contributed by atoms with Crippen molar-refractivity contribution in [1.29, 1.82) is 0 Å². The van der Waals surface area contributed by atoms with Crippen molar-refractivity contribution in [2.24, 2.45) is 0 Å². The Morgan fingerprint density at radius 2 is 1.80 bits per heavy atom. The summed E-state index contributed by atoms with van der Waals surface area (Å²) in [5.41, 5.74) is 2.13. The number of hydrogen-bond acceptors (Lipinski definition) is 7. The zero-order chi connectivity index (χ0) is 24.6. The number of rotatable bonds is 7. The molecule has 1 saturated heterocycles. The molecule has 9 nitrogen and oxygen atoms in total. The van der Waals surface area contributed by atoms with Crippen LogP contribution in [0, 0.1) is 10.1 Å². The van der Waals surface area contributed by atoms with Gasteiger partial charge >= 0.3 is 11.8 Å². The molecule has 0 saturated carbocycles. The average Bonchev–Trinajstić information content (AvgIpc) is 3.36. The van der Waals surface area contributed by atoms with Gasteiger partial charge in [0, 0.05) is 44.3 Å². The molecule has 3 aliphatic rings. The van der Waals surface area contributed by atoms with Gasteiger partial charge in [0.05, 0.1) is 12.1 Å². The summed E-state index contributed by atoms with van der Waals surface area (Å²) in [6.07, 6.45) is 9.49. The minimum atomic E-state index is -0.481. The fourth-order valence-electron chi connectivity index (χ4n) is 5.43. The third kappa shape index (κ3) is 4.89. The van der Waals surface area contributed by atoms with Crippen LogP contribution < -0.4 is 4.74 Å². The van der Waals surface area contributed by atoms with Crippen molar-refractivity contribution in [3.8, 4) is 6.01 Å². The topological polar surface area (TPSA) is 79.9 Å². The number of piperazine rings is 1. The standard InChI is InChI=1S/C26H34N6O3/c1-25(19-31-17-23(32(33)34)27-24(31)35-25)18-29-13-15-30(16-14-29)20-26(28(2)3)11-9-22(10-12-26)21-7-5-4-6-8-21/h4-11,17H,12-16,18-20H2,1-3H3. The Morgan fingerprint density at radius 3 is 2.37 bits per heavy atom. The highest BCUT2D eigenvalue weighted by Gasteiger charge is 2.42. The molecule has 5 rings (SSSR count). The number of nitrogens with zero attached hydrogens (tertiary/aromatic N) is 6. The lowest BCUT2D eigenvalue weighted by Gasteiger charge is -2.45. The molecular formula is C26H34N6O3. The predicted molar refractivity (Wildman–Crippen MR) is 135 cm³/mol. The normalized spacial score (nSPS) is 27.0. The second kappa shape index (κ2) is 9.22. The number of imidazole rings is 1. The van der Waals surface area contributed by atoms with Crippen LogP contribution in [0.1, 0.15) is 18.9 Å². The Bertz CT molecular complexity index is 1110. The van der Waals surface area contributed by atoms with E-state index in [-0.39, 0.29) is 11.4 Å². The molecule has 186 valence electrons. The van der Waals surface area contributed by atoms with Crippen molar-refractivity contribution in [3.63, 3.8) is 0 Å². The number of aromatic nitrogens is 2. The third-order valence-electron chi connectivity index (χ3n) is 7.52. The van der Waals surface area contributed by atoms with Crippen molar-refractivity contribution >= 4 is 11.4 Å². The predicted octanol–water partition coefficient (Wildman–Crippen LogP) is 2.90. The van der Waals surface area contributed by atoms with Crippen molar-refractivity contribution in [3.05, 3.63) is 70.4 Å². The van der Waals surface area contributed by atoms with E-state index >= 15 is 0 Å². The number of fused-ring (bicyclic) bond motifs is 1. The Morgan fingerprint density at radius 1 is 1.11 bits per heavy atom. The highest BCUT2D eigenvalue weighted by Crippen LogP contribution is 2.33. The minimum Gasteiger partial charge on any atom is -0.436 e. The molecule has 3 heterocycles. The fourth-order valence-corrected chi connectivity index (χ4v) is 5.43. The molecule has 0 spiro atoms. The van der Waals surface area contributed by atoms with Crippen LogP contribution in [0.4, 0.5) is 5.82 Å². The Hall–Kier alpha value is -3.01. The van der Waals surface area contributed by atoms with Crippen molar-refractivity contribution in [2.75, 3.05) is 53.4 Å². The smallest absolute Gasteiger partial charge is 0.415 e. The zero-order valence-corrected chi connectivity index (χ0v) is 20.8. The van der Waals surface area contributed by atoms with E-state index < -0.39 is 10.5 Å². The summed E-state index contributed by atoms with van der Waals surface area (Å²) in [4.78, 5) is 21.8. The van der Waals surface area contributed by atoms with Crippen LogP contribution in [0.15, 0.2) is 54.8 Å². The van der Waals surface area contributed by atoms with Gasteiger partial charge in [-0.25, -0.2) is 0 Å². The summed E-state index contributed by atoms with van der Waals surface area (Å²) in [6, 6.07) is 10.9. The Kier molecular flexibility index (Phi) is 6.25. The number of nitro groups is 1. The summed E-state index contributed by atoms with van der Waals surface area (Å²) in [7, 11) is 4.35. The third-order valence-corrected chi connectivity index (χ3v) is 7.52. The molecule has 2 aliphatic heterocycles. The van der Waals surface area contributed by atoms with Crippen LogP contribution in [0.5, 0.6) is 6.01 Å². The van der Waals surface area contributed by atoms with E-state index in [4.69, 9.17) is 4.74 Å². The molecule has 0 bridgehead atoms. The number of likely N-dealkylation sites (N-methyl/N-ethyl adjacent to an activating group) is 1. The molecule has 1 aliphatic carbocycles. The molecule has 1 fully saturated rings. The first kappa shape index (κ1) is 23.7. The molecule has 2 unspecified atom stereocenters. The largest absolute Gasteiger partial charge is 0.436 e. The summed E-state index contributed by atoms with van der Waals surface area (Å²) < 4.78 is 7.79. The van der Waals surface area contributed by atoms with E-state index in [1.807, 2.05) is 0 Å². The van der Waals surface area contributed by atoms with Crippen molar-refractivity contribution < 1.29 is 9.66 Å². The van der Waals surface area contributed by atoms with E-state index in [0.29, 0.717) is 12.6 Å². The second-order valence-electron chi connectivity index (χ2n) is 10.4. The quantitative estimate of drug-likeness (QED) is 0.447. The van der Waals surface area contributed by atoms with Crippen LogP contribution in [0.2, 0.25) is 0 Å². The number of benzene rings is 1. The van der Waals surface area contributed by atoms with E-state index in [9.17, 15) is 10.1 Å². The monoisotopic (exact) mass is 478 g/mol. The van der Waals surface area contributed by atoms with Gasteiger partial charge in [-0.1, -0.05) is 48.6 Å². The zero-order valence-electron chi connectivity index (χ0n) is 20.8. The maximum absolute atomic E-state index is 11.0. The van der Waals surface area contributed by atoms with Gasteiger partial charge in [-0.2, -0.15) is 0 Å². The maximum atomic E-state index is 11.0. The Labute approximate surface area is 206 Å². The number of allylic oxidation sites excluding steroid dienone is 2. The maximum Gasteiger partial charge on any atom is 0.415 e. The number of ether oxygens (including phenoxy) is 1. The van der Waals surface area contributed by atoms with Gasteiger partial charge < -0.3 is 14.9 Å². The van der Waals surface area contributed by atoms with Gasteiger partial charge in [0.2, 0.25) is 0 Å². The van der Waals surface area contributed by atoms with Crippen LogP contribution in [-0.4, -0.2) is 93.7 Å². The summed E-state index contributed by atoms with van der Waals surface area (Å²) in [6.45, 7) is 8.36. The second-order valence-corrected chi connectivity index (χ2v) is 10.4. The lowest BCUT2D eigenvalue weighted by atomic mass is 9.85. The minimum absolute atomic E-state index is 0.00901. The van der Waals surface area contributed by atoms with Crippen molar-refractivity contribution in [1.82, 2.24) is 24.3 Å². The molecule has 35 heavy (non-hydrogen) atoms. The SMILES string of the molecule is CN(C)C1(CN2CCN(CC3(C)Cn4cc([N+](=O)[O-])nc4O3)CC2)C=CC(c2ccccc2)=CC1. The molecule has 2 aromatic rings. The fraction of sp³-hybridized carbons (Fsp3) is 0.500. The van der Waals surface area contributed by atoms with Crippen LogP contribution in [0.3, 0.4) is 0 Å². The van der Waals surface area contributed by atoms with E-state index in [0.717, 1.165) is 45.7 Å². The van der Waals surface area contributed by atoms with Crippen LogP contribution >= 0.6 is 0 Å².